The van der Waals surface area contributed by atoms with Crippen LogP contribution in [0, 0.1) is 0 Å². The van der Waals surface area contributed by atoms with Gasteiger partial charge in [0.2, 0.25) is 0 Å². The van der Waals surface area contributed by atoms with E-state index in [1.165, 1.54) is 0 Å². The van der Waals surface area contributed by atoms with E-state index in [0.717, 1.165) is 0 Å². The highest BCUT2D eigenvalue weighted by Crippen LogP contribution is 1.67. The molecule has 0 saturated carbocycles. The van der Waals surface area contributed by atoms with Gasteiger partial charge >= 0.3 is 0 Å². The average Bonchev–Trinajstić information content (AvgIpc) is 1.61. The lowest BCUT2D eigenvalue weighted by molar-refractivity contribution is -0.283. The minimum atomic E-state index is -1.60. The van der Waals surface area contributed by atoms with Crippen LogP contribution in [0.3, 0.4) is 0 Å². The van der Waals surface area contributed by atoms with Crippen LogP contribution in [-0.2, 0) is 4.74 Å². The molecule has 1 N–H and O–H groups in total. The molecule has 0 fully saturated rings. The number of hydrogen-bond donors (Lipinski definition) is 1. The van der Waals surface area contributed by atoms with Crippen molar-refractivity contribution < 1.29 is 19.7 Å². The van der Waals surface area contributed by atoms with Gasteiger partial charge in [-0.2, -0.15) is 0 Å². The molecule has 0 heterocycles. The van der Waals surface area contributed by atoms with Gasteiger partial charge in [-0.05, 0) is 0 Å². The van der Waals surface area contributed by atoms with Crippen molar-refractivity contribution in [1.82, 2.24) is 0 Å². The SMILES string of the molecule is O=C([O-])OCCO. The lowest BCUT2D eigenvalue weighted by Gasteiger charge is -2.02. The largest absolute Gasteiger partial charge is 0.547 e. The zero-order valence-corrected chi connectivity index (χ0v) is 3.59. The minimum absolute atomic E-state index is 0.206. The summed E-state index contributed by atoms with van der Waals surface area (Å²) in [6.45, 7) is -0.504. The quantitative estimate of drug-likeness (QED) is 0.426. The van der Waals surface area contributed by atoms with Crippen LogP contribution in [-0.4, -0.2) is 24.5 Å². The van der Waals surface area contributed by atoms with E-state index in [2.05, 4.69) is 4.74 Å². The predicted molar refractivity (Wildman–Crippen MR) is 18.4 cm³/mol. The Morgan fingerprint density at radius 2 is 2.43 bits per heavy atom. The zero-order chi connectivity index (χ0) is 5.70. The second kappa shape index (κ2) is 3.42. The molecule has 7 heavy (non-hydrogen) atoms. The molecule has 0 amide bonds. The van der Waals surface area contributed by atoms with Gasteiger partial charge in [-0.1, -0.05) is 0 Å². The van der Waals surface area contributed by atoms with Gasteiger partial charge in [-0.15, -0.1) is 0 Å². The summed E-state index contributed by atoms with van der Waals surface area (Å²) in [6, 6.07) is 0. The molecule has 0 spiro atoms. The van der Waals surface area contributed by atoms with Crippen LogP contribution in [0.25, 0.3) is 0 Å². The van der Waals surface area contributed by atoms with E-state index in [-0.39, 0.29) is 13.2 Å². The van der Waals surface area contributed by atoms with Crippen LogP contribution in [0.2, 0.25) is 0 Å². The number of carbonyl (C=O) groups is 1. The Balaban J connectivity index is 2.82. The van der Waals surface area contributed by atoms with Crippen molar-refractivity contribution in [2.75, 3.05) is 13.2 Å². The fourth-order valence-electron chi connectivity index (χ4n) is 0.129. The zero-order valence-electron chi connectivity index (χ0n) is 3.59. The van der Waals surface area contributed by atoms with E-state index >= 15 is 0 Å². The molecule has 0 aliphatic rings. The van der Waals surface area contributed by atoms with Gasteiger partial charge in [-0.25, -0.2) is 0 Å². The molecular weight excluding hydrogens is 100 g/mol. The first-order valence-corrected chi connectivity index (χ1v) is 1.72. The molecule has 0 saturated heterocycles. The number of carbonyl (C=O) groups excluding carboxylic acids is 1. The molecule has 0 aliphatic carbocycles. The molecule has 0 bridgehead atoms. The van der Waals surface area contributed by atoms with Crippen LogP contribution >= 0.6 is 0 Å². The minimum Gasteiger partial charge on any atom is -0.547 e. The Bertz CT molecular complexity index is 60.0. The number of ether oxygens (including phenoxy) is 1. The van der Waals surface area contributed by atoms with Crippen LogP contribution < -0.4 is 5.11 Å². The highest BCUT2D eigenvalue weighted by Gasteiger charge is 1.77. The van der Waals surface area contributed by atoms with Gasteiger partial charge in [0, 0.05) is 0 Å². The molecular formula is C3H5O4-. The highest BCUT2D eigenvalue weighted by molar-refractivity contribution is 5.53. The molecule has 4 nitrogen and oxygen atoms in total. The van der Waals surface area contributed by atoms with Crippen molar-refractivity contribution >= 4 is 6.16 Å². The summed E-state index contributed by atoms with van der Waals surface area (Å²) in [5, 5.41) is 17.2. The van der Waals surface area contributed by atoms with Gasteiger partial charge in [0.05, 0.1) is 13.2 Å². The van der Waals surface area contributed by atoms with Gasteiger partial charge in [-0.3, -0.25) is 0 Å². The average molecular weight is 105 g/mol. The fraction of sp³-hybridized carbons (Fsp3) is 0.667. The molecule has 4 heteroatoms. The molecule has 0 aromatic carbocycles. The number of rotatable bonds is 2. The maximum atomic E-state index is 9.31. The number of aliphatic hydroxyl groups excluding tert-OH is 1. The topological polar surface area (TPSA) is 69.6 Å². The Morgan fingerprint density at radius 3 is 2.57 bits per heavy atom. The van der Waals surface area contributed by atoms with E-state index < -0.39 is 6.16 Å². The predicted octanol–water partition coefficient (Wildman–Crippen LogP) is -1.66. The smallest absolute Gasteiger partial charge is 0.252 e. The summed E-state index contributed by atoms with van der Waals surface area (Å²) in [7, 11) is 0. The molecule has 0 atom stereocenters. The monoisotopic (exact) mass is 105 g/mol. The van der Waals surface area contributed by atoms with Crippen LogP contribution in [0.15, 0.2) is 0 Å². The van der Waals surface area contributed by atoms with Crippen molar-refractivity contribution in [3.63, 3.8) is 0 Å². The standard InChI is InChI=1S/C3H6O4/c4-1-2-7-3(5)6/h4H,1-2H2,(H,5,6)/p-1. The fourth-order valence-corrected chi connectivity index (χ4v) is 0.129. The van der Waals surface area contributed by atoms with Gasteiger partial charge in [0.15, 0.2) is 0 Å². The number of hydrogen-bond acceptors (Lipinski definition) is 4. The molecule has 0 unspecified atom stereocenters. The molecule has 0 rings (SSSR count). The third-order valence-corrected chi connectivity index (χ3v) is 0.311. The number of carboxylic acid groups (broad SMARTS) is 1. The molecule has 0 aromatic heterocycles. The Hall–Kier alpha value is -0.770. The molecule has 42 valence electrons. The molecule has 0 aliphatic heterocycles. The van der Waals surface area contributed by atoms with E-state index in [9.17, 15) is 9.90 Å². The molecule has 0 aromatic rings. The normalized spacial score (nSPS) is 8.14. The maximum absolute atomic E-state index is 9.31. The first-order chi connectivity index (χ1) is 3.27. The van der Waals surface area contributed by atoms with Gasteiger partial charge in [0.25, 0.3) is 6.16 Å². The van der Waals surface area contributed by atoms with E-state index in [1.54, 1.807) is 0 Å². The van der Waals surface area contributed by atoms with Gasteiger partial charge < -0.3 is 19.7 Å². The first kappa shape index (κ1) is 6.23. The Labute approximate surface area is 40.3 Å². The summed E-state index contributed by atoms with van der Waals surface area (Å²) in [6.07, 6.45) is -1.60. The van der Waals surface area contributed by atoms with Crippen LogP contribution in [0.4, 0.5) is 4.79 Å². The van der Waals surface area contributed by atoms with Crippen molar-refractivity contribution in [1.29, 1.82) is 0 Å². The summed E-state index contributed by atoms with van der Waals surface area (Å²) in [5.74, 6) is 0. The van der Waals surface area contributed by atoms with Gasteiger partial charge in [0.1, 0.15) is 0 Å². The number of aliphatic hydroxyl groups is 1. The second-order valence-electron chi connectivity index (χ2n) is 0.822. The summed E-state index contributed by atoms with van der Waals surface area (Å²) >= 11 is 0. The highest BCUT2D eigenvalue weighted by atomic mass is 16.7. The van der Waals surface area contributed by atoms with Crippen LogP contribution in [0.5, 0.6) is 0 Å². The van der Waals surface area contributed by atoms with E-state index in [0.29, 0.717) is 0 Å². The second-order valence-corrected chi connectivity index (χ2v) is 0.822. The lowest BCUT2D eigenvalue weighted by Crippen LogP contribution is -2.24. The summed E-state index contributed by atoms with van der Waals surface area (Å²) in [4.78, 5) is 9.31. The Kier molecular flexibility index (Phi) is 3.04. The third-order valence-electron chi connectivity index (χ3n) is 0.311. The first-order valence-electron chi connectivity index (χ1n) is 1.72. The summed E-state index contributed by atoms with van der Waals surface area (Å²) in [5.41, 5.74) is 0. The van der Waals surface area contributed by atoms with Crippen molar-refractivity contribution in [2.45, 2.75) is 0 Å². The molecule has 0 radical (unpaired) electrons. The lowest BCUT2D eigenvalue weighted by atomic mass is 10.8. The maximum Gasteiger partial charge on any atom is 0.252 e. The van der Waals surface area contributed by atoms with E-state index in [1.807, 2.05) is 0 Å². The van der Waals surface area contributed by atoms with Crippen molar-refractivity contribution in [3.05, 3.63) is 0 Å². The van der Waals surface area contributed by atoms with Crippen LogP contribution in [0.1, 0.15) is 0 Å². The summed E-state index contributed by atoms with van der Waals surface area (Å²) < 4.78 is 3.75. The van der Waals surface area contributed by atoms with Crippen molar-refractivity contribution in [3.8, 4) is 0 Å². The Morgan fingerprint density at radius 1 is 1.86 bits per heavy atom. The van der Waals surface area contributed by atoms with Crippen molar-refractivity contribution in [2.24, 2.45) is 0 Å². The third kappa shape index (κ3) is 5.23. The van der Waals surface area contributed by atoms with E-state index in [4.69, 9.17) is 5.11 Å².